The SMILES string of the molecule is CC[Si](C)(C)Cc1ccc(C(C)(C)C)cc1. The van der Waals surface area contributed by atoms with Crippen LogP contribution in [-0.4, -0.2) is 8.07 Å². The first-order valence-corrected chi connectivity index (χ1v) is 9.75. The highest BCUT2D eigenvalue weighted by molar-refractivity contribution is 6.76. The van der Waals surface area contributed by atoms with E-state index in [1.165, 1.54) is 23.2 Å². The average Bonchev–Trinajstić information content (AvgIpc) is 2.16. The van der Waals surface area contributed by atoms with Crippen LogP contribution in [0.3, 0.4) is 0 Å². The molecule has 0 unspecified atom stereocenters. The topological polar surface area (TPSA) is 0 Å². The minimum absolute atomic E-state index is 0.274. The molecule has 0 saturated heterocycles. The van der Waals surface area contributed by atoms with Gasteiger partial charge in [0.15, 0.2) is 0 Å². The lowest BCUT2D eigenvalue weighted by atomic mass is 9.87. The summed E-state index contributed by atoms with van der Waals surface area (Å²) in [4.78, 5) is 0. The van der Waals surface area contributed by atoms with E-state index < -0.39 is 8.07 Å². The van der Waals surface area contributed by atoms with Gasteiger partial charge in [-0.2, -0.15) is 0 Å². The van der Waals surface area contributed by atoms with Crippen molar-refractivity contribution in [3.63, 3.8) is 0 Å². The normalized spacial score (nSPS) is 12.9. The maximum absolute atomic E-state index is 2.48. The van der Waals surface area contributed by atoms with Crippen molar-refractivity contribution < 1.29 is 0 Å². The average molecular weight is 234 g/mol. The summed E-state index contributed by atoms with van der Waals surface area (Å²) in [7, 11) is -0.981. The van der Waals surface area contributed by atoms with Crippen LogP contribution >= 0.6 is 0 Å². The molecular weight excluding hydrogens is 208 g/mol. The number of benzene rings is 1. The lowest BCUT2D eigenvalue weighted by molar-refractivity contribution is 0.590. The summed E-state index contributed by atoms with van der Waals surface area (Å²) in [5.74, 6) is 0. The van der Waals surface area contributed by atoms with Gasteiger partial charge in [0.05, 0.1) is 8.07 Å². The van der Waals surface area contributed by atoms with Gasteiger partial charge in [-0.15, -0.1) is 0 Å². The second kappa shape index (κ2) is 4.75. The van der Waals surface area contributed by atoms with Crippen LogP contribution in [0.1, 0.15) is 38.8 Å². The van der Waals surface area contributed by atoms with Gasteiger partial charge in [0, 0.05) is 0 Å². The van der Waals surface area contributed by atoms with Crippen LogP contribution in [0.15, 0.2) is 24.3 Å². The molecular formula is C15H26Si. The Bertz CT molecular complexity index is 327. The van der Waals surface area contributed by atoms with Gasteiger partial charge in [0.25, 0.3) is 0 Å². The Morgan fingerprint density at radius 1 is 1.00 bits per heavy atom. The van der Waals surface area contributed by atoms with Crippen molar-refractivity contribution in [2.75, 3.05) is 0 Å². The zero-order valence-electron chi connectivity index (χ0n) is 11.7. The van der Waals surface area contributed by atoms with Gasteiger partial charge in [0.1, 0.15) is 0 Å². The molecule has 1 aromatic rings. The highest BCUT2D eigenvalue weighted by Crippen LogP contribution is 2.23. The Morgan fingerprint density at radius 2 is 1.50 bits per heavy atom. The lowest BCUT2D eigenvalue weighted by Crippen LogP contribution is -2.27. The molecule has 0 aromatic heterocycles. The second-order valence-corrected chi connectivity index (χ2v) is 12.0. The van der Waals surface area contributed by atoms with E-state index in [1.54, 1.807) is 0 Å². The summed E-state index contributed by atoms with van der Waals surface area (Å²) in [6.07, 6.45) is 0. The molecule has 0 aliphatic carbocycles. The van der Waals surface area contributed by atoms with Gasteiger partial charge in [-0.25, -0.2) is 0 Å². The molecule has 1 aromatic carbocycles. The van der Waals surface area contributed by atoms with Crippen molar-refractivity contribution in [3.05, 3.63) is 35.4 Å². The number of hydrogen-bond donors (Lipinski definition) is 0. The van der Waals surface area contributed by atoms with Crippen molar-refractivity contribution in [2.24, 2.45) is 0 Å². The second-order valence-electron chi connectivity index (χ2n) is 6.64. The molecule has 0 atom stereocenters. The first-order chi connectivity index (χ1) is 7.24. The van der Waals surface area contributed by atoms with Gasteiger partial charge >= 0.3 is 0 Å². The van der Waals surface area contributed by atoms with Gasteiger partial charge in [-0.3, -0.25) is 0 Å². The molecule has 16 heavy (non-hydrogen) atoms. The van der Waals surface area contributed by atoms with Crippen LogP contribution < -0.4 is 0 Å². The maximum atomic E-state index is 2.48. The van der Waals surface area contributed by atoms with Crippen molar-refractivity contribution in [1.82, 2.24) is 0 Å². The molecule has 0 radical (unpaired) electrons. The van der Waals surface area contributed by atoms with Gasteiger partial charge < -0.3 is 0 Å². The standard InChI is InChI=1S/C15H26Si/c1-7-16(5,6)12-13-8-10-14(11-9-13)15(2,3)4/h8-11H,7,12H2,1-6H3. The van der Waals surface area contributed by atoms with Crippen LogP contribution in [0.4, 0.5) is 0 Å². The van der Waals surface area contributed by atoms with Gasteiger partial charge in [0.2, 0.25) is 0 Å². The molecule has 0 N–H and O–H groups in total. The summed E-state index contributed by atoms with van der Waals surface area (Å²) >= 11 is 0. The van der Waals surface area contributed by atoms with E-state index >= 15 is 0 Å². The maximum Gasteiger partial charge on any atom is 0.0515 e. The Balaban J connectivity index is 2.80. The van der Waals surface area contributed by atoms with Gasteiger partial charge in [-0.05, 0) is 17.0 Å². The molecule has 0 aliphatic heterocycles. The van der Waals surface area contributed by atoms with Crippen LogP contribution in [-0.2, 0) is 11.5 Å². The molecule has 0 saturated carbocycles. The summed E-state index contributed by atoms with van der Waals surface area (Å²) in [6.45, 7) is 14.1. The van der Waals surface area contributed by atoms with E-state index in [2.05, 4.69) is 65.1 Å². The monoisotopic (exact) mass is 234 g/mol. The summed E-state index contributed by atoms with van der Waals surface area (Å²) in [5, 5.41) is 0. The van der Waals surface area contributed by atoms with E-state index in [-0.39, 0.29) is 5.41 Å². The van der Waals surface area contributed by atoms with E-state index in [1.807, 2.05) is 0 Å². The van der Waals surface area contributed by atoms with E-state index in [9.17, 15) is 0 Å². The highest BCUT2D eigenvalue weighted by Gasteiger charge is 2.19. The Morgan fingerprint density at radius 3 is 1.88 bits per heavy atom. The smallest absolute Gasteiger partial charge is 0.0515 e. The van der Waals surface area contributed by atoms with Crippen LogP contribution in [0.25, 0.3) is 0 Å². The molecule has 0 heterocycles. The Labute approximate surface area is 102 Å². The molecule has 0 nitrogen and oxygen atoms in total. The van der Waals surface area contributed by atoms with Crippen molar-refractivity contribution >= 4 is 8.07 Å². The molecule has 0 fully saturated rings. The molecule has 1 rings (SSSR count). The summed E-state index contributed by atoms with van der Waals surface area (Å²) < 4.78 is 0. The fraction of sp³-hybridized carbons (Fsp3) is 0.600. The molecule has 0 bridgehead atoms. The zero-order valence-corrected chi connectivity index (χ0v) is 12.7. The van der Waals surface area contributed by atoms with Crippen molar-refractivity contribution in [1.29, 1.82) is 0 Å². The van der Waals surface area contributed by atoms with Crippen molar-refractivity contribution in [3.8, 4) is 0 Å². The quantitative estimate of drug-likeness (QED) is 0.659. The third-order valence-corrected chi connectivity index (χ3v) is 6.74. The molecule has 1 heteroatoms. The molecule has 0 spiro atoms. The fourth-order valence-electron chi connectivity index (χ4n) is 1.80. The van der Waals surface area contributed by atoms with E-state index in [4.69, 9.17) is 0 Å². The highest BCUT2D eigenvalue weighted by atomic mass is 28.3. The minimum atomic E-state index is -0.981. The number of rotatable bonds is 3. The largest absolute Gasteiger partial charge is 0.0691 e. The molecule has 0 amide bonds. The zero-order chi connectivity index (χ0) is 12.4. The minimum Gasteiger partial charge on any atom is -0.0691 e. The van der Waals surface area contributed by atoms with E-state index in [0.29, 0.717) is 0 Å². The number of hydrogen-bond acceptors (Lipinski definition) is 0. The molecule has 90 valence electrons. The Hall–Kier alpha value is -0.563. The van der Waals surface area contributed by atoms with Crippen molar-refractivity contribution in [2.45, 2.75) is 58.3 Å². The Kier molecular flexibility index (Phi) is 4.00. The first kappa shape index (κ1) is 13.5. The van der Waals surface area contributed by atoms with Crippen LogP contribution in [0, 0.1) is 0 Å². The molecule has 0 aliphatic rings. The van der Waals surface area contributed by atoms with Gasteiger partial charge in [-0.1, -0.05) is 76.7 Å². The third-order valence-electron chi connectivity index (χ3n) is 3.46. The van der Waals surface area contributed by atoms with Crippen LogP contribution in [0.5, 0.6) is 0 Å². The van der Waals surface area contributed by atoms with Crippen LogP contribution in [0.2, 0.25) is 19.1 Å². The lowest BCUT2D eigenvalue weighted by Gasteiger charge is -2.22. The third kappa shape index (κ3) is 3.78. The summed E-state index contributed by atoms with van der Waals surface area (Å²) in [6, 6.07) is 11.9. The fourth-order valence-corrected chi connectivity index (χ4v) is 3.39. The first-order valence-electron chi connectivity index (χ1n) is 6.34. The predicted octanol–water partition coefficient (Wildman–Crippen LogP) is 4.79. The predicted molar refractivity (Wildman–Crippen MR) is 76.8 cm³/mol. The summed E-state index contributed by atoms with van der Waals surface area (Å²) in [5.41, 5.74) is 3.23. The van der Waals surface area contributed by atoms with E-state index in [0.717, 1.165) is 0 Å².